The minimum atomic E-state index is -3.23. The Bertz CT molecular complexity index is 1140. The van der Waals surface area contributed by atoms with Gasteiger partial charge in [0.25, 0.3) is 5.66 Å². The monoisotopic (exact) mass is 502 g/mol. The zero-order chi connectivity index (χ0) is 25.6. The maximum atomic E-state index is 14.2. The molecule has 0 bridgehead atoms. The van der Waals surface area contributed by atoms with Crippen molar-refractivity contribution in [1.29, 1.82) is 0 Å². The largest absolute Gasteiger partial charge is 0.343 e. The first-order chi connectivity index (χ1) is 16.7. The van der Waals surface area contributed by atoms with Gasteiger partial charge in [0.15, 0.2) is 5.82 Å². The number of hydrogen-bond donors (Lipinski definition) is 1. The molecule has 1 aliphatic heterocycles. The third-order valence-corrected chi connectivity index (χ3v) is 5.85. The van der Waals surface area contributed by atoms with Crippen LogP contribution in [-0.4, -0.2) is 49.6 Å². The normalized spacial score (nSPS) is 14.2. The van der Waals surface area contributed by atoms with E-state index in [0.29, 0.717) is 42.9 Å². The summed E-state index contributed by atoms with van der Waals surface area (Å²) in [5.41, 5.74) is -2.16. The average molecular weight is 503 g/mol. The Balaban J connectivity index is 0.00000167. The van der Waals surface area contributed by atoms with Gasteiger partial charge in [-0.25, -0.2) is 9.67 Å². The highest BCUT2D eigenvalue weighted by Gasteiger charge is 2.32. The fourth-order valence-electron chi connectivity index (χ4n) is 3.73. The van der Waals surface area contributed by atoms with Crippen LogP contribution in [0.15, 0.2) is 48.9 Å². The number of nitrogens with one attached hydrogen (secondary N) is 1. The Labute approximate surface area is 205 Å². The number of hydrogen-bond acceptors (Lipinski definition) is 5. The number of alkyl halides is 2. The second-order valence-electron chi connectivity index (χ2n) is 7.87. The van der Waals surface area contributed by atoms with Crippen molar-refractivity contribution in [3.8, 4) is 17.1 Å². The summed E-state index contributed by atoms with van der Waals surface area (Å²) in [6.45, 7) is 6.62. The minimum Gasteiger partial charge on any atom is -0.343 e. The third kappa shape index (κ3) is 6.45. The van der Waals surface area contributed by atoms with Crippen molar-refractivity contribution in [3.05, 3.63) is 54.6 Å². The predicted molar refractivity (Wildman–Crippen MR) is 133 cm³/mol. The number of anilines is 1. The van der Waals surface area contributed by atoms with Gasteiger partial charge in [0.2, 0.25) is 11.8 Å². The van der Waals surface area contributed by atoms with Crippen LogP contribution in [0.1, 0.15) is 39.3 Å². The molecule has 1 aliphatic rings. The van der Waals surface area contributed by atoms with Gasteiger partial charge in [-0.1, -0.05) is 23.1 Å². The van der Waals surface area contributed by atoms with E-state index in [1.165, 1.54) is 34.5 Å². The van der Waals surface area contributed by atoms with Crippen molar-refractivity contribution in [2.75, 3.05) is 18.4 Å². The molecule has 1 saturated heterocycles. The molecule has 4 rings (SSSR count). The number of nitrogens with zero attached hydrogens (tertiary/aromatic N) is 5. The molecular formula is C24H29F2N6O2P. The van der Waals surface area contributed by atoms with E-state index in [2.05, 4.69) is 20.4 Å². The highest BCUT2D eigenvalue weighted by atomic mass is 31.0. The van der Waals surface area contributed by atoms with E-state index in [4.69, 9.17) is 0 Å². The Morgan fingerprint density at radius 1 is 1.14 bits per heavy atom. The Morgan fingerprint density at radius 3 is 2.40 bits per heavy atom. The number of likely N-dealkylation sites (tertiary alicyclic amines) is 1. The lowest BCUT2D eigenvalue weighted by Gasteiger charge is -2.30. The number of carbonyl (C=O) groups excluding carboxylic acids is 2. The highest BCUT2D eigenvalue weighted by molar-refractivity contribution is 7.17. The fraction of sp³-hybridized carbons (Fsp3) is 0.375. The molecule has 3 aromatic rings. The topological polar surface area (TPSA) is 93.0 Å². The highest BCUT2D eigenvalue weighted by Crippen LogP contribution is 2.37. The maximum absolute atomic E-state index is 14.2. The molecule has 35 heavy (non-hydrogen) atoms. The fourth-order valence-corrected chi connectivity index (χ4v) is 3.94. The van der Waals surface area contributed by atoms with Gasteiger partial charge in [0.1, 0.15) is 5.69 Å². The summed E-state index contributed by atoms with van der Waals surface area (Å²) in [7, 11) is 1.52. The molecular weight excluding hydrogens is 473 g/mol. The van der Waals surface area contributed by atoms with Crippen LogP contribution in [0.25, 0.3) is 17.1 Å². The third-order valence-electron chi connectivity index (χ3n) is 5.55. The SMILES string of the molecule is CC.CC(=O)N1CCC(C(=O)Nc2ccc(-n3nc(-c4cccnc4)cc3C(F)(F)P)nc2)CC1. The van der Waals surface area contributed by atoms with E-state index in [1.54, 1.807) is 35.5 Å². The number of rotatable bonds is 5. The molecule has 1 atom stereocenters. The molecule has 0 saturated carbocycles. The zero-order valence-electron chi connectivity index (χ0n) is 19.9. The standard InChI is InChI=1S/C22H23F2N6O2P.C2H6/c1-14(31)29-9-6-15(7-10-29)21(32)27-17-4-5-20(26-13-17)30-19(22(23,24)33)11-18(28-30)16-3-2-8-25-12-16;1-2/h2-5,8,11-13,15H,6-7,9-10,33H2,1H3,(H,27,32);1-2H3. The molecule has 1 unspecified atom stereocenters. The molecule has 0 aromatic carbocycles. The molecule has 2 amide bonds. The van der Waals surface area contributed by atoms with E-state index in [0.717, 1.165) is 4.68 Å². The number of carbonyl (C=O) groups is 2. The van der Waals surface area contributed by atoms with E-state index in [9.17, 15) is 18.4 Å². The second kappa shape index (κ2) is 11.4. The number of piperidine rings is 1. The van der Waals surface area contributed by atoms with Crippen LogP contribution < -0.4 is 5.32 Å². The number of aromatic nitrogens is 4. The van der Waals surface area contributed by atoms with Gasteiger partial charge in [-0.05, 0) is 43.2 Å². The van der Waals surface area contributed by atoms with Crippen molar-refractivity contribution in [3.63, 3.8) is 0 Å². The Kier molecular flexibility index (Phi) is 8.62. The van der Waals surface area contributed by atoms with Crippen molar-refractivity contribution in [2.45, 2.75) is 39.3 Å². The lowest BCUT2D eigenvalue weighted by Crippen LogP contribution is -2.40. The van der Waals surface area contributed by atoms with Crippen LogP contribution in [0, 0.1) is 5.92 Å². The van der Waals surface area contributed by atoms with Crippen LogP contribution in [0.3, 0.4) is 0 Å². The molecule has 3 aromatic heterocycles. The summed E-state index contributed by atoms with van der Waals surface area (Å²) < 4.78 is 29.6. The van der Waals surface area contributed by atoms with Crippen molar-refractivity contribution < 1.29 is 18.4 Å². The summed E-state index contributed by atoms with van der Waals surface area (Å²) in [5, 5.41) is 7.12. The first kappa shape index (κ1) is 26.3. The number of amides is 2. The molecule has 4 heterocycles. The van der Waals surface area contributed by atoms with Crippen LogP contribution in [0.4, 0.5) is 14.5 Å². The van der Waals surface area contributed by atoms with Crippen LogP contribution >= 0.6 is 9.24 Å². The van der Waals surface area contributed by atoms with Crippen LogP contribution in [-0.2, 0) is 15.3 Å². The maximum Gasteiger partial charge on any atom is 0.300 e. The summed E-state index contributed by atoms with van der Waals surface area (Å²) in [5.74, 6) is -0.150. The summed E-state index contributed by atoms with van der Waals surface area (Å²) in [4.78, 5) is 34.0. The van der Waals surface area contributed by atoms with E-state index >= 15 is 0 Å². The first-order valence-electron chi connectivity index (χ1n) is 11.4. The van der Waals surface area contributed by atoms with Crippen molar-refractivity contribution in [1.82, 2.24) is 24.6 Å². The van der Waals surface area contributed by atoms with Gasteiger partial charge in [0, 0.05) is 43.9 Å². The van der Waals surface area contributed by atoms with E-state index < -0.39 is 5.66 Å². The molecule has 1 N–H and O–H groups in total. The molecule has 0 radical (unpaired) electrons. The van der Waals surface area contributed by atoms with E-state index in [-0.39, 0.29) is 29.2 Å². The Morgan fingerprint density at radius 2 is 1.86 bits per heavy atom. The van der Waals surface area contributed by atoms with Gasteiger partial charge in [-0.3, -0.25) is 14.6 Å². The molecule has 8 nitrogen and oxygen atoms in total. The quantitative estimate of drug-likeness (QED) is 0.520. The van der Waals surface area contributed by atoms with E-state index in [1.807, 2.05) is 13.8 Å². The molecule has 0 spiro atoms. The van der Waals surface area contributed by atoms with Gasteiger partial charge >= 0.3 is 0 Å². The minimum absolute atomic E-state index is 0.00868. The average Bonchev–Trinajstić information content (AvgIpc) is 3.33. The van der Waals surface area contributed by atoms with Crippen LogP contribution in [0.5, 0.6) is 0 Å². The van der Waals surface area contributed by atoms with Gasteiger partial charge in [0.05, 0.1) is 17.6 Å². The number of halogens is 2. The molecule has 0 aliphatic carbocycles. The van der Waals surface area contributed by atoms with Gasteiger partial charge in [-0.15, -0.1) is 0 Å². The van der Waals surface area contributed by atoms with Crippen LogP contribution in [0.2, 0.25) is 0 Å². The summed E-state index contributed by atoms with van der Waals surface area (Å²) >= 11 is 0. The molecule has 11 heteroatoms. The first-order valence-corrected chi connectivity index (χ1v) is 12.0. The summed E-state index contributed by atoms with van der Waals surface area (Å²) in [6.07, 6.45) is 5.73. The summed E-state index contributed by atoms with van der Waals surface area (Å²) in [6, 6.07) is 7.85. The lowest BCUT2D eigenvalue weighted by molar-refractivity contribution is -0.132. The van der Waals surface area contributed by atoms with Crippen molar-refractivity contribution >= 4 is 26.7 Å². The Hall–Kier alpha value is -3.26. The second-order valence-corrected chi connectivity index (χ2v) is 8.59. The number of pyridine rings is 2. The van der Waals surface area contributed by atoms with Gasteiger partial charge in [-0.2, -0.15) is 13.9 Å². The smallest absolute Gasteiger partial charge is 0.300 e. The predicted octanol–water partition coefficient (Wildman–Crippen LogP) is 4.48. The molecule has 1 fully saturated rings. The zero-order valence-corrected chi connectivity index (χ0v) is 21.1. The lowest BCUT2D eigenvalue weighted by atomic mass is 9.96. The van der Waals surface area contributed by atoms with Crippen molar-refractivity contribution in [2.24, 2.45) is 5.92 Å². The van der Waals surface area contributed by atoms with Gasteiger partial charge < -0.3 is 10.2 Å². The molecule has 186 valence electrons.